The summed E-state index contributed by atoms with van der Waals surface area (Å²) < 4.78 is 0.953. The molecule has 4 rings (SSSR count). The molecule has 2 aromatic carbocycles. The molecule has 168 valence electrons. The normalized spacial score (nSPS) is 15.9. The van der Waals surface area contributed by atoms with E-state index in [2.05, 4.69) is 66.3 Å². The molecule has 1 N–H and O–H groups in total. The SMILES string of the molecule is CC(C)(C)c1ccc(-c2cc(C(=O)NC3CCCCCCC3)c3cc(Br)ccc3n2)cc1. The third-order valence-corrected chi connectivity index (χ3v) is 7.00. The zero-order valence-electron chi connectivity index (χ0n) is 19.4. The lowest BCUT2D eigenvalue weighted by Crippen LogP contribution is -2.35. The maximum atomic E-state index is 13.5. The summed E-state index contributed by atoms with van der Waals surface area (Å²) in [5.74, 6) is 0.00800. The average Bonchev–Trinajstić information content (AvgIpc) is 2.74. The summed E-state index contributed by atoms with van der Waals surface area (Å²) in [5.41, 5.74) is 4.80. The monoisotopic (exact) mass is 492 g/mol. The zero-order chi connectivity index (χ0) is 22.7. The molecule has 0 aliphatic heterocycles. The highest BCUT2D eigenvalue weighted by Gasteiger charge is 2.19. The molecule has 0 unspecified atom stereocenters. The van der Waals surface area contributed by atoms with Crippen molar-refractivity contribution in [3.63, 3.8) is 0 Å². The van der Waals surface area contributed by atoms with E-state index in [0.717, 1.165) is 39.5 Å². The van der Waals surface area contributed by atoms with E-state index in [4.69, 9.17) is 4.98 Å². The molecule has 1 saturated carbocycles. The number of nitrogens with one attached hydrogen (secondary N) is 1. The van der Waals surface area contributed by atoms with Gasteiger partial charge in [-0.05, 0) is 48.1 Å². The Morgan fingerprint density at radius 2 is 1.59 bits per heavy atom. The van der Waals surface area contributed by atoms with Crippen molar-refractivity contribution in [2.24, 2.45) is 0 Å². The van der Waals surface area contributed by atoms with Gasteiger partial charge in [-0.25, -0.2) is 4.98 Å². The number of carbonyl (C=O) groups excluding carboxylic acids is 1. The Balaban J connectivity index is 1.70. The van der Waals surface area contributed by atoms with Crippen LogP contribution >= 0.6 is 15.9 Å². The summed E-state index contributed by atoms with van der Waals surface area (Å²) in [7, 11) is 0. The molecule has 1 aromatic heterocycles. The maximum absolute atomic E-state index is 13.5. The Bertz CT molecular complexity index is 1090. The van der Waals surface area contributed by atoms with Crippen molar-refractivity contribution in [3.8, 4) is 11.3 Å². The smallest absolute Gasteiger partial charge is 0.252 e. The summed E-state index contributed by atoms with van der Waals surface area (Å²) in [5, 5.41) is 4.23. The highest BCUT2D eigenvalue weighted by atomic mass is 79.9. The number of amides is 1. The van der Waals surface area contributed by atoms with Crippen LogP contribution in [0.2, 0.25) is 0 Å². The molecule has 1 heterocycles. The second-order valence-electron chi connectivity index (χ2n) is 10.1. The van der Waals surface area contributed by atoms with Gasteiger partial charge in [-0.1, -0.05) is 93.1 Å². The van der Waals surface area contributed by atoms with Gasteiger partial charge in [0.05, 0.1) is 16.8 Å². The summed E-state index contributed by atoms with van der Waals surface area (Å²) >= 11 is 3.56. The standard InChI is InChI=1S/C28H33BrN2O/c1-28(2,3)20-13-11-19(12-14-20)26-18-24(23-17-21(29)15-16-25(23)31-26)27(32)30-22-9-7-5-4-6-8-10-22/h11-18,22H,4-10H2,1-3H3,(H,30,32). The van der Waals surface area contributed by atoms with Crippen LogP contribution in [0.1, 0.15) is 81.6 Å². The predicted molar refractivity (Wildman–Crippen MR) is 137 cm³/mol. The van der Waals surface area contributed by atoms with Crippen LogP contribution in [-0.2, 0) is 5.41 Å². The topological polar surface area (TPSA) is 42.0 Å². The Labute approximate surface area is 200 Å². The third-order valence-electron chi connectivity index (χ3n) is 6.50. The van der Waals surface area contributed by atoms with Gasteiger partial charge in [-0.15, -0.1) is 0 Å². The van der Waals surface area contributed by atoms with E-state index in [1.165, 1.54) is 37.7 Å². The number of fused-ring (bicyclic) bond motifs is 1. The number of benzene rings is 2. The largest absolute Gasteiger partial charge is 0.349 e. The Hall–Kier alpha value is -2.20. The van der Waals surface area contributed by atoms with E-state index < -0.39 is 0 Å². The van der Waals surface area contributed by atoms with Gasteiger partial charge in [0.25, 0.3) is 5.91 Å². The first-order valence-corrected chi connectivity index (χ1v) is 12.6. The van der Waals surface area contributed by atoms with Crippen LogP contribution in [0.4, 0.5) is 0 Å². The van der Waals surface area contributed by atoms with Crippen LogP contribution in [0, 0.1) is 0 Å². The van der Waals surface area contributed by atoms with Gasteiger partial charge < -0.3 is 5.32 Å². The maximum Gasteiger partial charge on any atom is 0.252 e. The fourth-order valence-electron chi connectivity index (χ4n) is 4.54. The minimum Gasteiger partial charge on any atom is -0.349 e. The van der Waals surface area contributed by atoms with Crippen molar-refractivity contribution in [2.75, 3.05) is 0 Å². The van der Waals surface area contributed by atoms with Gasteiger partial charge in [-0.2, -0.15) is 0 Å². The summed E-state index contributed by atoms with van der Waals surface area (Å²) in [6, 6.07) is 16.7. The van der Waals surface area contributed by atoms with Gasteiger partial charge in [0.1, 0.15) is 0 Å². The third kappa shape index (κ3) is 5.40. The molecule has 32 heavy (non-hydrogen) atoms. The van der Waals surface area contributed by atoms with Gasteiger partial charge in [0, 0.05) is 21.5 Å². The summed E-state index contributed by atoms with van der Waals surface area (Å²) in [6.45, 7) is 6.64. The van der Waals surface area contributed by atoms with Crippen molar-refractivity contribution in [1.29, 1.82) is 0 Å². The van der Waals surface area contributed by atoms with Crippen molar-refractivity contribution < 1.29 is 4.79 Å². The van der Waals surface area contributed by atoms with Gasteiger partial charge >= 0.3 is 0 Å². The summed E-state index contributed by atoms with van der Waals surface area (Å²) in [4.78, 5) is 18.3. The molecule has 0 saturated heterocycles. The quantitative estimate of drug-likeness (QED) is 0.404. The molecule has 0 bridgehead atoms. The molecule has 1 aliphatic rings. The Morgan fingerprint density at radius 1 is 0.938 bits per heavy atom. The first kappa shape index (κ1) is 23.0. The van der Waals surface area contributed by atoms with E-state index in [0.29, 0.717) is 5.56 Å². The molecular weight excluding hydrogens is 460 g/mol. The molecule has 3 nitrogen and oxygen atoms in total. The molecule has 0 radical (unpaired) electrons. The molecule has 4 heteroatoms. The molecule has 0 atom stereocenters. The van der Waals surface area contributed by atoms with E-state index in [1.807, 2.05) is 24.3 Å². The van der Waals surface area contributed by atoms with Crippen LogP contribution in [0.5, 0.6) is 0 Å². The lowest BCUT2D eigenvalue weighted by molar-refractivity contribution is 0.0932. The number of pyridine rings is 1. The molecular formula is C28H33BrN2O. The Kier molecular flexibility index (Phi) is 6.99. The van der Waals surface area contributed by atoms with E-state index in [-0.39, 0.29) is 17.4 Å². The number of nitrogens with zero attached hydrogens (tertiary/aromatic N) is 1. The van der Waals surface area contributed by atoms with Crippen LogP contribution in [0.3, 0.4) is 0 Å². The molecule has 3 aromatic rings. The second kappa shape index (κ2) is 9.74. The van der Waals surface area contributed by atoms with Gasteiger partial charge in [0.15, 0.2) is 0 Å². The van der Waals surface area contributed by atoms with Crippen LogP contribution in [0.15, 0.2) is 53.0 Å². The lowest BCUT2D eigenvalue weighted by atomic mass is 9.86. The second-order valence-corrected chi connectivity index (χ2v) is 11.0. The number of hydrogen-bond donors (Lipinski definition) is 1. The van der Waals surface area contributed by atoms with Crippen LogP contribution in [-0.4, -0.2) is 16.9 Å². The lowest BCUT2D eigenvalue weighted by Gasteiger charge is -2.22. The molecule has 1 aliphatic carbocycles. The minimum absolute atomic E-state index is 0.00800. The van der Waals surface area contributed by atoms with Crippen LogP contribution < -0.4 is 5.32 Å². The predicted octanol–water partition coefficient (Wildman–Crippen LogP) is 7.80. The number of halogens is 1. The first-order chi connectivity index (χ1) is 15.3. The number of rotatable bonds is 3. The first-order valence-electron chi connectivity index (χ1n) is 11.8. The van der Waals surface area contributed by atoms with Gasteiger partial charge in [0.2, 0.25) is 0 Å². The number of aromatic nitrogens is 1. The van der Waals surface area contributed by atoms with E-state index in [1.54, 1.807) is 0 Å². The minimum atomic E-state index is 0.00800. The zero-order valence-corrected chi connectivity index (χ0v) is 21.0. The highest BCUT2D eigenvalue weighted by Crippen LogP contribution is 2.30. The molecule has 0 spiro atoms. The van der Waals surface area contributed by atoms with Crippen molar-refractivity contribution in [1.82, 2.24) is 10.3 Å². The average molecular weight is 493 g/mol. The molecule has 1 fully saturated rings. The number of hydrogen-bond acceptors (Lipinski definition) is 2. The fourth-order valence-corrected chi connectivity index (χ4v) is 4.90. The van der Waals surface area contributed by atoms with Gasteiger partial charge in [-0.3, -0.25) is 4.79 Å². The number of carbonyl (C=O) groups is 1. The van der Waals surface area contributed by atoms with Crippen molar-refractivity contribution in [2.45, 2.75) is 77.2 Å². The van der Waals surface area contributed by atoms with E-state index in [9.17, 15) is 4.79 Å². The fraction of sp³-hybridized carbons (Fsp3) is 0.429. The highest BCUT2D eigenvalue weighted by molar-refractivity contribution is 9.10. The van der Waals surface area contributed by atoms with Crippen molar-refractivity contribution in [3.05, 3.63) is 64.1 Å². The van der Waals surface area contributed by atoms with Crippen molar-refractivity contribution >= 4 is 32.7 Å². The van der Waals surface area contributed by atoms with Crippen LogP contribution in [0.25, 0.3) is 22.2 Å². The Morgan fingerprint density at radius 3 is 2.25 bits per heavy atom. The summed E-state index contributed by atoms with van der Waals surface area (Å²) in [6.07, 6.45) is 8.39. The van der Waals surface area contributed by atoms with E-state index >= 15 is 0 Å². The molecule has 1 amide bonds.